The van der Waals surface area contributed by atoms with Gasteiger partial charge in [0.25, 0.3) is 0 Å². The monoisotopic (exact) mass is 394 g/mol. The number of aliphatic carboxylic acids is 1. The van der Waals surface area contributed by atoms with Crippen molar-refractivity contribution in [2.75, 3.05) is 0 Å². The number of allylic oxidation sites excluding steroid dienone is 2. The van der Waals surface area contributed by atoms with Gasteiger partial charge in [-0.1, -0.05) is 44.1 Å². The number of fused-ring (bicyclic) bond motifs is 1. The van der Waals surface area contributed by atoms with Gasteiger partial charge in [0.2, 0.25) is 0 Å². The molecule has 1 saturated heterocycles. The molecule has 5 nitrogen and oxygen atoms in total. The van der Waals surface area contributed by atoms with Crippen LogP contribution in [0.1, 0.15) is 72.6 Å². The maximum Gasteiger partial charge on any atom is 0.303 e. The summed E-state index contributed by atoms with van der Waals surface area (Å²) in [6, 6.07) is 0. The van der Waals surface area contributed by atoms with Crippen LogP contribution in [0, 0.1) is 17.3 Å². The average molecular weight is 395 g/mol. The minimum atomic E-state index is -0.747. The molecule has 5 heteroatoms. The van der Waals surface area contributed by atoms with Crippen molar-refractivity contribution in [3.05, 3.63) is 23.8 Å². The zero-order chi connectivity index (χ0) is 20.9. The maximum absolute atomic E-state index is 10.6. The van der Waals surface area contributed by atoms with Crippen LogP contribution in [0.4, 0.5) is 0 Å². The molecule has 0 amide bonds. The standard InChI is InChI=1S/C23H38O5/c1-15(2)11-12-23(3,4)21(25)10-9-17-18-13-16(7-5-6-8-22(26)27)28-20(18)14-19(17)24/h9-11,16-21,24-25H,5-8,12-14H2,1-4H3,(H,26,27)/b10-9+/t16-,17?,18+,19+,20-,21+/m0/s1. The fourth-order valence-corrected chi connectivity index (χ4v) is 4.36. The van der Waals surface area contributed by atoms with Crippen LogP contribution >= 0.6 is 0 Å². The van der Waals surface area contributed by atoms with Crippen LogP contribution in [0.3, 0.4) is 0 Å². The van der Waals surface area contributed by atoms with Gasteiger partial charge in [0.1, 0.15) is 0 Å². The highest BCUT2D eigenvalue weighted by Gasteiger charge is 2.47. The van der Waals surface area contributed by atoms with Crippen LogP contribution < -0.4 is 0 Å². The second kappa shape index (κ2) is 10.0. The maximum atomic E-state index is 10.6. The van der Waals surface area contributed by atoms with Gasteiger partial charge in [0.05, 0.1) is 24.4 Å². The molecule has 1 unspecified atom stereocenters. The second-order valence-corrected chi connectivity index (χ2v) is 9.52. The Morgan fingerprint density at radius 3 is 2.61 bits per heavy atom. The number of aliphatic hydroxyl groups excluding tert-OH is 2. The zero-order valence-corrected chi connectivity index (χ0v) is 17.8. The highest BCUT2D eigenvalue weighted by Crippen LogP contribution is 2.45. The molecule has 2 aliphatic rings. The fourth-order valence-electron chi connectivity index (χ4n) is 4.36. The van der Waals surface area contributed by atoms with E-state index < -0.39 is 18.2 Å². The third kappa shape index (κ3) is 6.43. The first-order valence-electron chi connectivity index (χ1n) is 10.6. The Morgan fingerprint density at radius 2 is 1.96 bits per heavy atom. The smallest absolute Gasteiger partial charge is 0.303 e. The molecule has 1 aliphatic heterocycles. The summed E-state index contributed by atoms with van der Waals surface area (Å²) < 4.78 is 6.12. The van der Waals surface area contributed by atoms with E-state index in [4.69, 9.17) is 9.84 Å². The molecule has 2 rings (SSSR count). The average Bonchev–Trinajstić information content (AvgIpc) is 3.11. The fraction of sp³-hybridized carbons (Fsp3) is 0.783. The zero-order valence-electron chi connectivity index (χ0n) is 17.8. The van der Waals surface area contributed by atoms with Crippen molar-refractivity contribution in [1.29, 1.82) is 0 Å². The molecule has 1 aliphatic carbocycles. The van der Waals surface area contributed by atoms with Gasteiger partial charge >= 0.3 is 5.97 Å². The first kappa shape index (κ1) is 23.1. The Bertz CT molecular complexity index is 576. The molecule has 3 N–H and O–H groups in total. The molecule has 0 spiro atoms. The van der Waals surface area contributed by atoms with Gasteiger partial charge in [-0.15, -0.1) is 0 Å². The van der Waals surface area contributed by atoms with E-state index >= 15 is 0 Å². The normalized spacial score (nSPS) is 31.1. The molecule has 160 valence electrons. The van der Waals surface area contributed by atoms with Crippen molar-refractivity contribution in [2.24, 2.45) is 17.3 Å². The first-order chi connectivity index (χ1) is 13.1. The summed E-state index contributed by atoms with van der Waals surface area (Å²) in [5.74, 6) is -0.449. The van der Waals surface area contributed by atoms with E-state index in [2.05, 4.69) is 33.8 Å². The van der Waals surface area contributed by atoms with Crippen molar-refractivity contribution in [2.45, 2.75) is 97.1 Å². The van der Waals surface area contributed by atoms with Gasteiger partial charge in [0, 0.05) is 18.8 Å². The highest BCUT2D eigenvalue weighted by atomic mass is 16.5. The lowest BCUT2D eigenvalue weighted by molar-refractivity contribution is -0.137. The van der Waals surface area contributed by atoms with Crippen LogP contribution in [0.5, 0.6) is 0 Å². The lowest BCUT2D eigenvalue weighted by atomic mass is 9.81. The summed E-state index contributed by atoms with van der Waals surface area (Å²) >= 11 is 0. The van der Waals surface area contributed by atoms with Gasteiger partial charge < -0.3 is 20.1 Å². The number of ether oxygens (including phenoxy) is 1. The van der Waals surface area contributed by atoms with Gasteiger partial charge in [-0.05, 0) is 50.9 Å². The summed E-state index contributed by atoms with van der Waals surface area (Å²) in [4.78, 5) is 10.6. The molecule has 0 aromatic heterocycles. The first-order valence-corrected chi connectivity index (χ1v) is 10.6. The van der Waals surface area contributed by atoms with Crippen LogP contribution in [-0.4, -0.2) is 45.7 Å². The van der Waals surface area contributed by atoms with E-state index in [1.165, 1.54) is 5.57 Å². The van der Waals surface area contributed by atoms with Crippen LogP contribution in [-0.2, 0) is 9.53 Å². The van der Waals surface area contributed by atoms with E-state index in [9.17, 15) is 15.0 Å². The van der Waals surface area contributed by atoms with E-state index in [0.717, 1.165) is 25.7 Å². The summed E-state index contributed by atoms with van der Waals surface area (Å²) in [5.41, 5.74) is 0.992. The van der Waals surface area contributed by atoms with Gasteiger partial charge in [0.15, 0.2) is 0 Å². The molecule has 2 fully saturated rings. The molecule has 0 bridgehead atoms. The molecule has 1 saturated carbocycles. The summed E-state index contributed by atoms with van der Waals surface area (Å²) in [6.07, 6.45) is 10.2. The second-order valence-electron chi connectivity index (χ2n) is 9.52. The summed E-state index contributed by atoms with van der Waals surface area (Å²) in [6.45, 7) is 8.24. The van der Waals surface area contributed by atoms with Gasteiger partial charge in [-0.3, -0.25) is 4.79 Å². The predicted octanol–water partition coefficient (Wildman–Crippen LogP) is 4.09. The number of unbranched alkanes of at least 4 members (excludes halogenated alkanes) is 1. The summed E-state index contributed by atoms with van der Waals surface area (Å²) in [5, 5.41) is 29.8. The topological polar surface area (TPSA) is 87.0 Å². The lowest BCUT2D eigenvalue weighted by Gasteiger charge is -2.28. The predicted molar refractivity (Wildman–Crippen MR) is 110 cm³/mol. The third-order valence-corrected chi connectivity index (χ3v) is 6.31. The lowest BCUT2D eigenvalue weighted by Crippen LogP contribution is -2.28. The number of aliphatic hydroxyl groups is 2. The van der Waals surface area contributed by atoms with E-state index in [1.54, 1.807) is 0 Å². The Balaban J connectivity index is 1.88. The van der Waals surface area contributed by atoms with Crippen LogP contribution in [0.2, 0.25) is 0 Å². The number of carboxylic acid groups (broad SMARTS) is 1. The molecule has 6 atom stereocenters. The van der Waals surface area contributed by atoms with E-state index in [-0.39, 0.29) is 35.9 Å². The Labute approximate surface area is 169 Å². The largest absolute Gasteiger partial charge is 0.481 e. The molecule has 0 aromatic rings. The highest BCUT2D eigenvalue weighted by molar-refractivity contribution is 5.66. The molecular formula is C23H38O5. The van der Waals surface area contributed by atoms with Crippen molar-refractivity contribution >= 4 is 5.97 Å². The minimum absolute atomic E-state index is 0.0166. The quantitative estimate of drug-likeness (QED) is 0.384. The number of rotatable bonds is 10. The molecule has 1 heterocycles. The van der Waals surface area contributed by atoms with Crippen LogP contribution in [0.15, 0.2) is 23.8 Å². The number of hydrogen-bond acceptors (Lipinski definition) is 4. The van der Waals surface area contributed by atoms with Crippen molar-refractivity contribution < 1.29 is 24.9 Å². The number of hydrogen-bond donors (Lipinski definition) is 3. The van der Waals surface area contributed by atoms with E-state index in [1.807, 2.05) is 12.2 Å². The minimum Gasteiger partial charge on any atom is -0.481 e. The molecular weight excluding hydrogens is 356 g/mol. The number of carboxylic acids is 1. The molecule has 28 heavy (non-hydrogen) atoms. The van der Waals surface area contributed by atoms with Crippen molar-refractivity contribution in [3.63, 3.8) is 0 Å². The Morgan fingerprint density at radius 1 is 1.25 bits per heavy atom. The van der Waals surface area contributed by atoms with Gasteiger partial charge in [-0.2, -0.15) is 0 Å². The SMILES string of the molecule is CC(C)=CCC(C)(C)[C@H](O)/C=C/C1[C@H](O)C[C@@H]2O[C@@H](CCCCC(=O)O)C[C@H]12. The van der Waals surface area contributed by atoms with Crippen molar-refractivity contribution in [3.8, 4) is 0 Å². The van der Waals surface area contributed by atoms with Gasteiger partial charge in [-0.25, -0.2) is 0 Å². The Kier molecular flexibility index (Phi) is 8.29. The third-order valence-electron chi connectivity index (χ3n) is 6.31. The van der Waals surface area contributed by atoms with Crippen molar-refractivity contribution in [1.82, 2.24) is 0 Å². The van der Waals surface area contributed by atoms with E-state index in [0.29, 0.717) is 12.8 Å². The van der Waals surface area contributed by atoms with Crippen LogP contribution in [0.25, 0.3) is 0 Å². The summed E-state index contributed by atoms with van der Waals surface area (Å²) in [7, 11) is 0. The number of carbonyl (C=O) groups is 1. The molecule has 0 radical (unpaired) electrons. The molecule has 0 aromatic carbocycles. The Hall–Kier alpha value is -1.17.